The van der Waals surface area contributed by atoms with Crippen LogP contribution in [0.25, 0.3) is 0 Å². The molecule has 7 heteroatoms. The van der Waals surface area contributed by atoms with Gasteiger partial charge in [0.1, 0.15) is 11.6 Å². The van der Waals surface area contributed by atoms with E-state index < -0.39 is 0 Å². The number of hydrogen-bond donors (Lipinski definition) is 2. The molecule has 23 heavy (non-hydrogen) atoms. The number of nitrogens with one attached hydrogen (secondary N) is 2. The van der Waals surface area contributed by atoms with Crippen molar-refractivity contribution in [1.29, 1.82) is 0 Å². The van der Waals surface area contributed by atoms with Crippen LogP contribution in [0.4, 0.5) is 0 Å². The maximum absolute atomic E-state index is 12.4. The Morgan fingerprint density at radius 2 is 2.04 bits per heavy atom. The molecule has 3 aliphatic heterocycles. The van der Waals surface area contributed by atoms with Gasteiger partial charge in [0, 0.05) is 31.0 Å². The third kappa shape index (κ3) is 3.69. The standard InChI is InChI=1S/C16H25N5O.ClH/c1-10-17-15-5-4-14(9-21(15)20-10)19-16(22)8-11-6-12-2-3-13(7-11)18-12;/h11-14,18H,2-9H2,1H3,(H,19,22);1H. The van der Waals surface area contributed by atoms with Gasteiger partial charge in [-0.15, -0.1) is 12.4 Å². The van der Waals surface area contributed by atoms with E-state index in [1.807, 2.05) is 11.6 Å². The molecule has 2 fully saturated rings. The molecule has 0 aromatic carbocycles. The van der Waals surface area contributed by atoms with Crippen LogP contribution in [-0.4, -0.2) is 38.8 Å². The highest BCUT2D eigenvalue weighted by atomic mass is 35.5. The average molecular weight is 340 g/mol. The second kappa shape index (κ2) is 6.77. The van der Waals surface area contributed by atoms with Crippen molar-refractivity contribution in [3.63, 3.8) is 0 Å². The molecule has 0 aliphatic carbocycles. The van der Waals surface area contributed by atoms with Crippen LogP contribution in [0.2, 0.25) is 0 Å². The Balaban J connectivity index is 0.00000156. The number of carbonyl (C=O) groups excluding carboxylic acids is 1. The van der Waals surface area contributed by atoms with E-state index in [4.69, 9.17) is 0 Å². The van der Waals surface area contributed by atoms with Crippen molar-refractivity contribution < 1.29 is 4.79 Å². The first kappa shape index (κ1) is 16.7. The van der Waals surface area contributed by atoms with E-state index >= 15 is 0 Å². The van der Waals surface area contributed by atoms with Crippen LogP contribution in [0.1, 0.15) is 50.2 Å². The fourth-order valence-electron chi connectivity index (χ4n) is 4.44. The number of hydrogen-bond acceptors (Lipinski definition) is 4. The number of carbonyl (C=O) groups is 1. The van der Waals surface area contributed by atoms with Gasteiger partial charge < -0.3 is 10.6 Å². The number of aryl methyl sites for hydroxylation is 2. The Morgan fingerprint density at radius 3 is 2.78 bits per heavy atom. The summed E-state index contributed by atoms with van der Waals surface area (Å²) < 4.78 is 1.95. The molecule has 6 nitrogen and oxygen atoms in total. The van der Waals surface area contributed by atoms with Gasteiger partial charge >= 0.3 is 0 Å². The number of halogens is 1. The first-order valence-electron chi connectivity index (χ1n) is 8.61. The lowest BCUT2D eigenvalue weighted by Crippen LogP contribution is -2.43. The SMILES string of the molecule is Cc1nc2n(n1)CC(NC(=O)CC1CC3CCC(C1)N3)CC2.Cl. The Bertz CT molecular complexity index is 563. The molecule has 1 aromatic rings. The topological polar surface area (TPSA) is 71.8 Å². The summed E-state index contributed by atoms with van der Waals surface area (Å²) >= 11 is 0. The van der Waals surface area contributed by atoms with Crippen LogP contribution in [0, 0.1) is 12.8 Å². The Kier molecular flexibility index (Phi) is 4.92. The number of fused-ring (bicyclic) bond motifs is 3. The first-order valence-corrected chi connectivity index (χ1v) is 8.61. The number of nitrogens with zero attached hydrogens (tertiary/aromatic N) is 3. The summed E-state index contributed by atoms with van der Waals surface area (Å²) in [4.78, 5) is 16.8. The van der Waals surface area contributed by atoms with Crippen LogP contribution in [0.5, 0.6) is 0 Å². The molecule has 2 bridgehead atoms. The molecule has 1 aromatic heterocycles. The lowest BCUT2D eigenvalue weighted by Gasteiger charge is -2.29. The highest BCUT2D eigenvalue weighted by Gasteiger charge is 2.34. The molecule has 128 valence electrons. The molecule has 4 heterocycles. The predicted octanol–water partition coefficient (Wildman–Crippen LogP) is 1.36. The zero-order valence-corrected chi connectivity index (χ0v) is 14.4. The van der Waals surface area contributed by atoms with Gasteiger partial charge in [0.15, 0.2) is 0 Å². The lowest BCUT2D eigenvalue weighted by molar-refractivity contribution is -0.123. The van der Waals surface area contributed by atoms with Gasteiger partial charge in [-0.1, -0.05) is 0 Å². The summed E-state index contributed by atoms with van der Waals surface area (Å²) in [6, 6.07) is 1.53. The van der Waals surface area contributed by atoms with Crippen molar-refractivity contribution in [2.75, 3.05) is 0 Å². The van der Waals surface area contributed by atoms with Gasteiger partial charge in [0.25, 0.3) is 0 Å². The maximum atomic E-state index is 12.4. The highest BCUT2D eigenvalue weighted by Crippen LogP contribution is 2.32. The normalized spacial score (nSPS) is 32.0. The molecule has 2 N–H and O–H groups in total. The zero-order chi connectivity index (χ0) is 15.1. The van der Waals surface area contributed by atoms with Gasteiger partial charge in [-0.2, -0.15) is 5.10 Å². The van der Waals surface area contributed by atoms with Crippen LogP contribution < -0.4 is 10.6 Å². The third-order valence-corrected chi connectivity index (χ3v) is 5.37. The summed E-state index contributed by atoms with van der Waals surface area (Å²) in [5.74, 6) is 2.66. The fourth-order valence-corrected chi connectivity index (χ4v) is 4.44. The molecule has 3 atom stereocenters. The number of rotatable bonds is 3. The van der Waals surface area contributed by atoms with Gasteiger partial charge in [-0.25, -0.2) is 9.67 Å². The molecular weight excluding hydrogens is 314 g/mol. The summed E-state index contributed by atoms with van der Waals surface area (Å²) in [5, 5.41) is 11.3. The molecule has 0 saturated carbocycles. The molecule has 4 rings (SSSR count). The average Bonchev–Trinajstić information content (AvgIpc) is 2.99. The van der Waals surface area contributed by atoms with Crippen molar-refractivity contribution in [3.8, 4) is 0 Å². The summed E-state index contributed by atoms with van der Waals surface area (Å²) in [6.07, 6.45) is 7.49. The molecule has 3 aliphatic rings. The van der Waals surface area contributed by atoms with Gasteiger partial charge in [0.2, 0.25) is 5.91 Å². The van der Waals surface area contributed by atoms with Crippen LogP contribution in [-0.2, 0) is 17.8 Å². The Hall–Kier alpha value is -1.14. The van der Waals surface area contributed by atoms with Crippen LogP contribution >= 0.6 is 12.4 Å². The van der Waals surface area contributed by atoms with Crippen LogP contribution in [0.15, 0.2) is 0 Å². The lowest BCUT2D eigenvalue weighted by atomic mass is 9.89. The van der Waals surface area contributed by atoms with E-state index in [9.17, 15) is 4.79 Å². The smallest absolute Gasteiger partial charge is 0.220 e. The zero-order valence-electron chi connectivity index (χ0n) is 13.6. The Morgan fingerprint density at radius 1 is 1.30 bits per heavy atom. The minimum absolute atomic E-state index is 0. The quantitative estimate of drug-likeness (QED) is 0.872. The van der Waals surface area contributed by atoms with Crippen LogP contribution in [0.3, 0.4) is 0 Å². The van der Waals surface area contributed by atoms with Crippen molar-refractivity contribution in [1.82, 2.24) is 25.4 Å². The van der Waals surface area contributed by atoms with Crippen molar-refractivity contribution >= 4 is 18.3 Å². The minimum Gasteiger partial charge on any atom is -0.351 e. The van der Waals surface area contributed by atoms with E-state index in [1.54, 1.807) is 0 Å². The van der Waals surface area contributed by atoms with Gasteiger partial charge in [-0.05, 0) is 44.9 Å². The van der Waals surface area contributed by atoms with E-state index in [0.717, 1.165) is 31.0 Å². The third-order valence-electron chi connectivity index (χ3n) is 5.37. The minimum atomic E-state index is 0. The number of amides is 1. The van der Waals surface area contributed by atoms with Gasteiger partial charge in [-0.3, -0.25) is 4.79 Å². The largest absolute Gasteiger partial charge is 0.351 e. The van der Waals surface area contributed by atoms with Crippen molar-refractivity contribution in [2.24, 2.45) is 5.92 Å². The summed E-state index contributed by atoms with van der Waals surface area (Å²) in [7, 11) is 0. The first-order chi connectivity index (χ1) is 10.7. The Labute approximate surface area is 143 Å². The predicted molar refractivity (Wildman–Crippen MR) is 89.5 cm³/mol. The number of aromatic nitrogens is 3. The maximum Gasteiger partial charge on any atom is 0.220 e. The summed E-state index contributed by atoms with van der Waals surface area (Å²) in [5.41, 5.74) is 0. The van der Waals surface area contributed by atoms with Crippen molar-refractivity contribution in [3.05, 3.63) is 11.6 Å². The van der Waals surface area contributed by atoms with Crippen molar-refractivity contribution in [2.45, 2.75) is 76.5 Å². The molecule has 0 spiro atoms. The molecule has 1 amide bonds. The number of piperidine rings is 1. The molecule has 0 radical (unpaired) electrons. The van der Waals surface area contributed by atoms with E-state index in [-0.39, 0.29) is 24.4 Å². The fraction of sp³-hybridized carbons (Fsp3) is 0.812. The molecule has 2 saturated heterocycles. The van der Waals surface area contributed by atoms with E-state index in [2.05, 4.69) is 20.7 Å². The van der Waals surface area contributed by atoms with E-state index in [1.165, 1.54) is 25.7 Å². The molecule has 3 unspecified atom stereocenters. The second-order valence-corrected chi connectivity index (χ2v) is 7.24. The monoisotopic (exact) mass is 339 g/mol. The highest BCUT2D eigenvalue weighted by molar-refractivity contribution is 5.85. The summed E-state index contributed by atoms with van der Waals surface area (Å²) in [6.45, 7) is 2.68. The van der Waals surface area contributed by atoms with E-state index in [0.29, 0.717) is 24.4 Å². The molecular formula is C16H26ClN5O. The second-order valence-electron chi connectivity index (χ2n) is 7.24. The van der Waals surface area contributed by atoms with Gasteiger partial charge in [0.05, 0.1) is 6.54 Å².